The van der Waals surface area contributed by atoms with Gasteiger partial charge in [-0.25, -0.2) is 16.8 Å². The van der Waals surface area contributed by atoms with Crippen molar-refractivity contribution in [3.63, 3.8) is 0 Å². The van der Waals surface area contributed by atoms with E-state index in [0.717, 1.165) is 25.8 Å². The topological polar surface area (TPSA) is 102 Å². The first kappa shape index (κ1) is 32.5. The lowest BCUT2D eigenvalue weighted by atomic mass is 9.68. The summed E-state index contributed by atoms with van der Waals surface area (Å²) in [5, 5.41) is 0. The van der Waals surface area contributed by atoms with Gasteiger partial charge in [0, 0.05) is 26.0 Å². The van der Waals surface area contributed by atoms with Crippen molar-refractivity contribution >= 4 is 54.8 Å². The lowest BCUT2D eigenvalue weighted by Gasteiger charge is -2.42. The Labute approximate surface area is 268 Å². The van der Waals surface area contributed by atoms with Crippen LogP contribution in [0.1, 0.15) is 45.2 Å². The summed E-state index contributed by atoms with van der Waals surface area (Å²) in [6, 6.07) is 20.1. The van der Waals surface area contributed by atoms with Crippen LogP contribution in [0.25, 0.3) is 0 Å². The summed E-state index contributed by atoms with van der Waals surface area (Å²) in [4.78, 5) is 33.1. The molecule has 0 N–H and O–H groups in total. The molecule has 0 unspecified atom stereocenters. The van der Waals surface area contributed by atoms with Crippen LogP contribution in [-0.4, -0.2) is 37.9 Å². The van der Waals surface area contributed by atoms with Crippen LogP contribution in [0, 0.1) is 19.3 Å². The monoisotopic (exact) mass is 666 g/mol. The molecule has 5 rings (SSSR count). The molecular formula is C34H34O6S4. The second-order valence-electron chi connectivity index (χ2n) is 12.2. The molecule has 0 saturated carbocycles. The van der Waals surface area contributed by atoms with E-state index in [2.05, 4.69) is 0 Å². The van der Waals surface area contributed by atoms with Crippen molar-refractivity contribution in [1.29, 1.82) is 0 Å². The quantitative estimate of drug-likeness (QED) is 0.231. The lowest BCUT2D eigenvalue weighted by molar-refractivity contribution is -0.140. The lowest BCUT2D eigenvalue weighted by Crippen LogP contribution is -2.58. The minimum Gasteiger partial charge on any atom is -0.296 e. The van der Waals surface area contributed by atoms with Crippen LogP contribution in [0.15, 0.2) is 114 Å². The number of carbonyl (C=O) groups excluding carboxylic acids is 2. The number of carbonyl (C=O) groups is 2. The highest BCUT2D eigenvalue weighted by molar-refractivity contribution is 8.09. The van der Waals surface area contributed by atoms with E-state index in [1.807, 2.05) is 38.1 Å². The van der Waals surface area contributed by atoms with Gasteiger partial charge in [0.2, 0.25) is 0 Å². The minimum atomic E-state index is -4.30. The van der Waals surface area contributed by atoms with E-state index in [0.29, 0.717) is 4.91 Å². The van der Waals surface area contributed by atoms with Crippen LogP contribution < -0.4 is 0 Å². The number of benzene rings is 3. The zero-order valence-electron chi connectivity index (χ0n) is 25.4. The normalized spacial score (nSPS) is 16.7. The van der Waals surface area contributed by atoms with E-state index in [-0.39, 0.29) is 16.2 Å². The number of ketones is 2. The number of sulfone groups is 2. The summed E-state index contributed by atoms with van der Waals surface area (Å²) in [5.41, 5.74) is -0.365. The van der Waals surface area contributed by atoms with Crippen molar-refractivity contribution in [2.24, 2.45) is 5.41 Å². The Kier molecular flexibility index (Phi) is 8.23. The molecule has 6 nitrogen and oxygen atoms in total. The molecule has 3 aromatic rings. The van der Waals surface area contributed by atoms with E-state index >= 15 is 0 Å². The van der Waals surface area contributed by atoms with Gasteiger partial charge in [-0.1, -0.05) is 77.1 Å². The third-order valence-corrected chi connectivity index (χ3v) is 15.9. The van der Waals surface area contributed by atoms with Gasteiger partial charge in [0.05, 0.1) is 9.79 Å². The molecule has 0 radical (unpaired) electrons. The van der Waals surface area contributed by atoms with Crippen molar-refractivity contribution in [2.75, 3.05) is 0 Å². The van der Waals surface area contributed by atoms with E-state index in [1.54, 1.807) is 30.3 Å². The Morgan fingerprint density at radius 1 is 0.659 bits per heavy atom. The number of hydrogen-bond acceptors (Lipinski definition) is 8. The zero-order chi connectivity index (χ0) is 32.3. The fourth-order valence-corrected chi connectivity index (χ4v) is 11.0. The van der Waals surface area contributed by atoms with Crippen LogP contribution in [0.3, 0.4) is 0 Å². The molecular weight excluding hydrogens is 633 g/mol. The van der Waals surface area contributed by atoms with Crippen molar-refractivity contribution in [2.45, 2.75) is 77.0 Å². The molecule has 1 aliphatic carbocycles. The molecule has 0 bridgehead atoms. The van der Waals surface area contributed by atoms with Crippen LogP contribution in [0.2, 0.25) is 0 Å². The predicted octanol–water partition coefficient (Wildman–Crippen LogP) is 7.30. The molecule has 0 spiro atoms. The number of aryl methyl sites for hydroxylation is 2. The van der Waals surface area contributed by atoms with Crippen LogP contribution in [-0.2, 0) is 29.3 Å². The maximum absolute atomic E-state index is 14.9. The summed E-state index contributed by atoms with van der Waals surface area (Å²) < 4.78 is 52.1. The maximum atomic E-state index is 14.9. The summed E-state index contributed by atoms with van der Waals surface area (Å²) in [6.45, 7) is 8.86. The van der Waals surface area contributed by atoms with Crippen molar-refractivity contribution in [3.8, 4) is 0 Å². The molecule has 0 saturated heterocycles. The molecule has 10 heteroatoms. The standard InChI is InChI=1S/C34H34O6S4/c1-22-11-15-24(16-12-22)43(37,38)32(3,4)30(35)34(20-19-28-29(21-34)42-27-10-8-7-9-26(27)41-28)31(36)33(5,6)44(39,40)25-17-13-23(2)14-18-25/h7-20H,21H2,1-6H3. The molecule has 0 atom stereocenters. The van der Waals surface area contributed by atoms with E-state index < -0.39 is 46.2 Å². The van der Waals surface area contributed by atoms with Crippen molar-refractivity contribution in [1.82, 2.24) is 0 Å². The first-order valence-electron chi connectivity index (χ1n) is 14.0. The maximum Gasteiger partial charge on any atom is 0.190 e. The van der Waals surface area contributed by atoms with Crippen LogP contribution in [0.4, 0.5) is 0 Å². The third-order valence-electron chi connectivity index (χ3n) is 8.45. The smallest absolute Gasteiger partial charge is 0.190 e. The number of hydrogen-bond donors (Lipinski definition) is 0. The van der Waals surface area contributed by atoms with Gasteiger partial charge < -0.3 is 0 Å². The molecule has 0 aromatic heterocycles. The van der Waals surface area contributed by atoms with E-state index in [1.165, 1.54) is 81.6 Å². The SMILES string of the molecule is Cc1ccc(S(=O)(=O)C(C)(C)C(=O)C2(C(=O)C(C)(C)S(=O)(=O)c3ccc(C)cc3)C=CC3=C(C2)Sc2ccccc2S3)cc1. The number of thioether (sulfide) groups is 2. The number of fused-ring (bicyclic) bond motifs is 1. The highest BCUT2D eigenvalue weighted by Crippen LogP contribution is 2.55. The summed E-state index contributed by atoms with van der Waals surface area (Å²) in [6.07, 6.45) is 2.96. The van der Waals surface area contributed by atoms with Gasteiger partial charge in [0.15, 0.2) is 31.2 Å². The molecule has 2 aliphatic rings. The Morgan fingerprint density at radius 2 is 1.07 bits per heavy atom. The van der Waals surface area contributed by atoms with Gasteiger partial charge in [0.25, 0.3) is 0 Å². The van der Waals surface area contributed by atoms with Gasteiger partial charge in [-0.05, 0) is 84.0 Å². The van der Waals surface area contributed by atoms with Crippen LogP contribution >= 0.6 is 23.5 Å². The summed E-state index contributed by atoms with van der Waals surface area (Å²) in [7, 11) is -8.61. The summed E-state index contributed by atoms with van der Waals surface area (Å²) in [5.74, 6) is -1.73. The zero-order valence-corrected chi connectivity index (χ0v) is 28.6. The first-order chi connectivity index (χ1) is 20.4. The fourth-order valence-electron chi connectivity index (χ4n) is 5.52. The molecule has 1 heterocycles. The molecule has 44 heavy (non-hydrogen) atoms. The Morgan fingerprint density at radius 3 is 1.50 bits per heavy atom. The third kappa shape index (κ3) is 5.13. The second-order valence-corrected chi connectivity index (χ2v) is 19.4. The highest BCUT2D eigenvalue weighted by atomic mass is 32.2. The highest BCUT2D eigenvalue weighted by Gasteiger charge is 2.61. The van der Waals surface area contributed by atoms with Gasteiger partial charge in [-0.15, -0.1) is 0 Å². The van der Waals surface area contributed by atoms with Crippen LogP contribution in [0.5, 0.6) is 0 Å². The Hall–Kier alpha value is -2.92. The van der Waals surface area contributed by atoms with E-state index in [9.17, 15) is 26.4 Å². The Balaban J connectivity index is 1.66. The van der Waals surface area contributed by atoms with Gasteiger partial charge in [0.1, 0.15) is 14.9 Å². The number of allylic oxidation sites excluding steroid dienone is 3. The molecule has 230 valence electrons. The first-order valence-corrected chi connectivity index (χ1v) is 18.6. The molecule has 0 amide bonds. The van der Waals surface area contributed by atoms with Gasteiger partial charge >= 0.3 is 0 Å². The largest absolute Gasteiger partial charge is 0.296 e. The van der Waals surface area contributed by atoms with Crippen molar-refractivity contribution in [3.05, 3.63) is 106 Å². The van der Waals surface area contributed by atoms with Gasteiger partial charge in [-0.3, -0.25) is 9.59 Å². The number of Topliss-reactive ketones (excluding diaryl/α,β-unsaturated/α-hetero) is 2. The average Bonchev–Trinajstić information content (AvgIpc) is 2.99. The fraction of sp³-hybridized carbons (Fsp3) is 0.294. The molecule has 3 aromatic carbocycles. The minimum absolute atomic E-state index is 0.0493. The number of rotatable bonds is 8. The molecule has 0 fully saturated rings. The predicted molar refractivity (Wildman–Crippen MR) is 176 cm³/mol. The summed E-state index contributed by atoms with van der Waals surface area (Å²) >= 11 is 2.91. The van der Waals surface area contributed by atoms with Crippen molar-refractivity contribution < 1.29 is 26.4 Å². The van der Waals surface area contributed by atoms with Gasteiger partial charge in [-0.2, -0.15) is 0 Å². The van der Waals surface area contributed by atoms with E-state index in [4.69, 9.17) is 0 Å². The molecule has 1 aliphatic heterocycles. The Bertz CT molecular complexity index is 1850. The second kappa shape index (κ2) is 11.2. The average molecular weight is 667 g/mol.